The van der Waals surface area contributed by atoms with E-state index < -0.39 is 5.97 Å². The topological polar surface area (TPSA) is 92.4 Å². The molecule has 0 spiro atoms. The summed E-state index contributed by atoms with van der Waals surface area (Å²) in [7, 11) is 0. The number of carbonyl (C=O) groups excluding carboxylic acids is 1. The largest absolute Gasteiger partial charge is 0.481 e. The van der Waals surface area contributed by atoms with Gasteiger partial charge in [-0.3, -0.25) is 9.59 Å². The van der Waals surface area contributed by atoms with Gasteiger partial charge < -0.3 is 14.9 Å². The number of nitrogens with one attached hydrogen (secondary N) is 1. The summed E-state index contributed by atoms with van der Waals surface area (Å²) in [5.41, 5.74) is 0.867. The second-order valence-electron chi connectivity index (χ2n) is 4.85. The van der Waals surface area contributed by atoms with Crippen LogP contribution in [0, 0.1) is 0 Å². The summed E-state index contributed by atoms with van der Waals surface area (Å²) in [5.74, 6) is -0.301. The van der Waals surface area contributed by atoms with Crippen molar-refractivity contribution < 1.29 is 19.2 Å². The van der Waals surface area contributed by atoms with Crippen LogP contribution in [0.5, 0.6) is 0 Å². The molecule has 0 bridgehead atoms. The van der Waals surface area contributed by atoms with Crippen molar-refractivity contribution >= 4 is 11.9 Å². The highest BCUT2D eigenvalue weighted by atomic mass is 16.5. The molecule has 6 heteroatoms. The Morgan fingerprint density at radius 3 is 2.84 bits per heavy atom. The number of aliphatic carboxylic acids is 1. The number of nitrogens with zero attached hydrogens (tertiary/aromatic N) is 1. The summed E-state index contributed by atoms with van der Waals surface area (Å²) >= 11 is 0. The molecule has 0 atom stereocenters. The Balaban J connectivity index is 1.62. The van der Waals surface area contributed by atoms with Gasteiger partial charge >= 0.3 is 5.97 Å². The summed E-state index contributed by atoms with van der Waals surface area (Å²) in [6, 6.07) is 1.71. The Kier molecular flexibility index (Phi) is 4.54. The van der Waals surface area contributed by atoms with Crippen molar-refractivity contribution in [3.8, 4) is 0 Å². The fraction of sp³-hybridized carbons (Fsp3) is 0.615. The molecule has 0 aliphatic heterocycles. The van der Waals surface area contributed by atoms with E-state index in [-0.39, 0.29) is 18.1 Å². The van der Waals surface area contributed by atoms with Crippen LogP contribution in [-0.4, -0.2) is 28.7 Å². The standard InChI is InChI=1S/C13H18N2O4/c16-12(17)4-2-1-3-7-14-13(18)11-8-10(15-19-11)9-5-6-9/h8-9H,1-7H2,(H,14,18)(H,16,17). The lowest BCUT2D eigenvalue weighted by atomic mass is 10.2. The van der Waals surface area contributed by atoms with Crippen molar-refractivity contribution in [3.05, 3.63) is 17.5 Å². The normalized spacial score (nSPS) is 14.3. The van der Waals surface area contributed by atoms with Gasteiger partial charge in [-0.15, -0.1) is 0 Å². The molecule has 6 nitrogen and oxygen atoms in total. The number of rotatable bonds is 8. The molecule has 1 aliphatic carbocycles. The maximum Gasteiger partial charge on any atom is 0.303 e. The zero-order valence-electron chi connectivity index (χ0n) is 10.7. The van der Waals surface area contributed by atoms with E-state index in [0.29, 0.717) is 18.9 Å². The summed E-state index contributed by atoms with van der Waals surface area (Å²) in [4.78, 5) is 22.0. The highest BCUT2D eigenvalue weighted by Crippen LogP contribution is 2.39. The third-order valence-electron chi connectivity index (χ3n) is 3.10. The molecule has 19 heavy (non-hydrogen) atoms. The predicted molar refractivity (Wildman–Crippen MR) is 66.9 cm³/mol. The molecular weight excluding hydrogens is 248 g/mol. The van der Waals surface area contributed by atoms with Gasteiger partial charge in [0.25, 0.3) is 5.91 Å². The quantitative estimate of drug-likeness (QED) is 0.701. The third-order valence-corrected chi connectivity index (χ3v) is 3.10. The van der Waals surface area contributed by atoms with Crippen LogP contribution in [0.3, 0.4) is 0 Å². The van der Waals surface area contributed by atoms with Gasteiger partial charge in [0.2, 0.25) is 5.76 Å². The van der Waals surface area contributed by atoms with E-state index >= 15 is 0 Å². The minimum Gasteiger partial charge on any atom is -0.481 e. The van der Waals surface area contributed by atoms with Crippen molar-refractivity contribution in [3.63, 3.8) is 0 Å². The number of carboxylic acids is 1. The Hall–Kier alpha value is -1.85. The molecule has 1 fully saturated rings. The van der Waals surface area contributed by atoms with Crippen molar-refractivity contribution in [1.29, 1.82) is 0 Å². The average Bonchev–Trinajstić information content (AvgIpc) is 3.11. The van der Waals surface area contributed by atoms with Crippen LogP contribution in [0.2, 0.25) is 0 Å². The molecule has 0 unspecified atom stereocenters. The Morgan fingerprint density at radius 2 is 2.16 bits per heavy atom. The van der Waals surface area contributed by atoms with Gasteiger partial charge in [-0.2, -0.15) is 0 Å². The first-order valence-electron chi connectivity index (χ1n) is 6.63. The van der Waals surface area contributed by atoms with Gasteiger partial charge in [0.1, 0.15) is 0 Å². The highest BCUT2D eigenvalue weighted by molar-refractivity contribution is 5.91. The molecule has 104 valence electrons. The van der Waals surface area contributed by atoms with Crippen LogP contribution in [-0.2, 0) is 4.79 Å². The van der Waals surface area contributed by atoms with E-state index in [9.17, 15) is 9.59 Å². The van der Waals surface area contributed by atoms with E-state index in [1.165, 1.54) is 0 Å². The molecule has 1 aromatic heterocycles. The molecule has 1 aromatic rings. The predicted octanol–water partition coefficient (Wildman–Crippen LogP) is 1.93. The van der Waals surface area contributed by atoms with Crippen molar-refractivity contribution in [2.75, 3.05) is 6.54 Å². The lowest BCUT2D eigenvalue weighted by Crippen LogP contribution is -2.23. The van der Waals surface area contributed by atoms with Crippen LogP contribution in [0.4, 0.5) is 0 Å². The number of unbranched alkanes of at least 4 members (excludes halogenated alkanes) is 2. The van der Waals surface area contributed by atoms with Gasteiger partial charge in [-0.25, -0.2) is 0 Å². The lowest BCUT2D eigenvalue weighted by molar-refractivity contribution is -0.137. The number of carboxylic acid groups (broad SMARTS) is 1. The summed E-state index contributed by atoms with van der Waals surface area (Å²) in [6.07, 6.45) is 4.62. The number of hydrogen-bond acceptors (Lipinski definition) is 4. The van der Waals surface area contributed by atoms with E-state index in [1.54, 1.807) is 6.07 Å². The fourth-order valence-corrected chi connectivity index (χ4v) is 1.83. The van der Waals surface area contributed by atoms with Gasteiger partial charge in [-0.05, 0) is 25.7 Å². The zero-order valence-corrected chi connectivity index (χ0v) is 10.7. The molecule has 1 saturated carbocycles. The first-order valence-corrected chi connectivity index (χ1v) is 6.63. The molecule has 2 N–H and O–H groups in total. The number of hydrogen-bond donors (Lipinski definition) is 2. The number of amides is 1. The minimum atomic E-state index is -0.779. The second-order valence-corrected chi connectivity index (χ2v) is 4.85. The molecule has 0 aromatic carbocycles. The van der Waals surface area contributed by atoms with Gasteiger partial charge in [0, 0.05) is 24.9 Å². The van der Waals surface area contributed by atoms with Crippen molar-refractivity contribution in [1.82, 2.24) is 10.5 Å². The highest BCUT2D eigenvalue weighted by Gasteiger charge is 2.28. The fourth-order valence-electron chi connectivity index (χ4n) is 1.83. The van der Waals surface area contributed by atoms with Gasteiger partial charge in [0.05, 0.1) is 5.69 Å². The van der Waals surface area contributed by atoms with Crippen molar-refractivity contribution in [2.45, 2.75) is 44.4 Å². The van der Waals surface area contributed by atoms with E-state index in [4.69, 9.17) is 9.63 Å². The Morgan fingerprint density at radius 1 is 1.37 bits per heavy atom. The van der Waals surface area contributed by atoms with Crippen molar-refractivity contribution in [2.24, 2.45) is 0 Å². The van der Waals surface area contributed by atoms with E-state index in [1.807, 2.05) is 0 Å². The Labute approximate surface area is 111 Å². The molecule has 0 radical (unpaired) electrons. The number of aromatic nitrogens is 1. The lowest BCUT2D eigenvalue weighted by Gasteiger charge is -2.01. The molecule has 1 heterocycles. The van der Waals surface area contributed by atoms with Crippen LogP contribution in [0.25, 0.3) is 0 Å². The molecule has 2 rings (SSSR count). The van der Waals surface area contributed by atoms with Crippen LogP contribution >= 0.6 is 0 Å². The van der Waals surface area contributed by atoms with Crippen LogP contribution in [0.1, 0.15) is 60.7 Å². The minimum absolute atomic E-state index is 0.181. The first-order chi connectivity index (χ1) is 9.16. The second kappa shape index (κ2) is 6.36. The molecular formula is C13H18N2O4. The zero-order chi connectivity index (χ0) is 13.7. The van der Waals surface area contributed by atoms with Crippen LogP contribution in [0.15, 0.2) is 10.6 Å². The number of carbonyl (C=O) groups is 2. The van der Waals surface area contributed by atoms with E-state index in [2.05, 4.69) is 10.5 Å². The monoisotopic (exact) mass is 266 g/mol. The van der Waals surface area contributed by atoms with Gasteiger partial charge in [0.15, 0.2) is 0 Å². The molecule has 0 saturated heterocycles. The Bertz CT molecular complexity index is 451. The maximum absolute atomic E-state index is 11.7. The maximum atomic E-state index is 11.7. The van der Waals surface area contributed by atoms with E-state index in [0.717, 1.165) is 31.4 Å². The SMILES string of the molecule is O=C(O)CCCCCNC(=O)c1cc(C2CC2)no1. The first kappa shape index (κ1) is 13.6. The van der Waals surface area contributed by atoms with Gasteiger partial charge in [-0.1, -0.05) is 11.6 Å². The smallest absolute Gasteiger partial charge is 0.303 e. The molecule has 1 aliphatic rings. The molecule has 1 amide bonds. The summed E-state index contributed by atoms with van der Waals surface area (Å²) in [5, 5.41) is 15.1. The summed E-state index contributed by atoms with van der Waals surface area (Å²) < 4.78 is 5.00. The third kappa shape index (κ3) is 4.39. The van der Waals surface area contributed by atoms with Crippen LogP contribution < -0.4 is 5.32 Å². The average molecular weight is 266 g/mol. The summed E-state index contributed by atoms with van der Waals surface area (Å²) in [6.45, 7) is 0.526.